The lowest BCUT2D eigenvalue weighted by Gasteiger charge is -2.18. The molecule has 0 fully saturated rings. The molecule has 1 N–H and O–H groups in total. The van der Waals surface area contributed by atoms with Crippen LogP contribution in [0.15, 0.2) is 18.2 Å². The maximum Gasteiger partial charge on any atom is 0.416 e. The number of nitrogens with one attached hydrogen (secondary N) is 1. The number of esters is 1. The Morgan fingerprint density at radius 1 is 0.900 bits per heavy atom. The van der Waals surface area contributed by atoms with Crippen LogP contribution in [0.25, 0.3) is 0 Å². The quantitative estimate of drug-likeness (QED) is 0.286. The molecule has 0 saturated heterocycles. The van der Waals surface area contributed by atoms with Crippen LogP contribution in [0.2, 0.25) is 0 Å². The summed E-state index contributed by atoms with van der Waals surface area (Å²) in [5, 5.41) is 2.20. The molecule has 1 amide bonds. The van der Waals surface area contributed by atoms with E-state index >= 15 is 0 Å². The van der Waals surface area contributed by atoms with Crippen molar-refractivity contribution in [3.63, 3.8) is 0 Å². The molecule has 0 spiro atoms. The first kappa shape index (κ1) is 25.8. The van der Waals surface area contributed by atoms with Crippen LogP contribution in [0, 0.1) is 0 Å². The molecular weight excluding hydrogens is 416 g/mol. The zero-order chi connectivity index (χ0) is 22.9. The lowest BCUT2D eigenvalue weighted by atomic mass is 10.0. The average Bonchev–Trinajstić information content (AvgIpc) is 2.67. The van der Waals surface area contributed by atoms with E-state index in [0.29, 0.717) is 18.6 Å². The average molecular weight is 441 g/mol. The van der Waals surface area contributed by atoms with Crippen molar-refractivity contribution in [1.29, 1.82) is 0 Å². The van der Waals surface area contributed by atoms with Crippen molar-refractivity contribution in [2.75, 3.05) is 7.11 Å². The largest absolute Gasteiger partial charge is 0.467 e. The van der Waals surface area contributed by atoms with Gasteiger partial charge in [-0.15, -0.1) is 0 Å². The molecule has 0 saturated carbocycles. The van der Waals surface area contributed by atoms with E-state index in [1.807, 2.05) is 0 Å². The minimum atomic E-state index is -5.07. The lowest BCUT2D eigenvalue weighted by molar-refractivity contribution is -0.144. The van der Waals surface area contributed by atoms with Crippen molar-refractivity contribution in [3.05, 3.63) is 34.9 Å². The van der Waals surface area contributed by atoms with E-state index in [4.69, 9.17) is 0 Å². The SMILES string of the molecule is CCCCCCCC[C@@H](NC(=O)c1cc(C(F)(F)F)cc(C(F)(F)F)c1)C(=O)OC. The Balaban J connectivity index is 2.98. The smallest absolute Gasteiger partial charge is 0.416 e. The third-order valence-corrected chi connectivity index (χ3v) is 4.49. The number of unbranched alkanes of at least 4 members (excludes halogenated alkanes) is 5. The molecule has 0 heterocycles. The second-order valence-electron chi connectivity index (χ2n) is 6.90. The second-order valence-corrected chi connectivity index (χ2v) is 6.90. The normalized spacial score (nSPS) is 13.1. The maximum atomic E-state index is 13.0. The highest BCUT2D eigenvalue weighted by Crippen LogP contribution is 2.36. The summed E-state index contributed by atoms with van der Waals surface area (Å²) in [6.07, 6.45) is -4.63. The zero-order valence-corrected chi connectivity index (χ0v) is 16.8. The highest BCUT2D eigenvalue weighted by molar-refractivity contribution is 5.97. The highest BCUT2D eigenvalue weighted by atomic mass is 19.4. The summed E-state index contributed by atoms with van der Waals surface area (Å²) in [7, 11) is 1.08. The van der Waals surface area contributed by atoms with Gasteiger partial charge in [-0.05, 0) is 24.6 Å². The first-order valence-electron chi connectivity index (χ1n) is 9.58. The predicted molar refractivity (Wildman–Crippen MR) is 97.7 cm³/mol. The van der Waals surface area contributed by atoms with Gasteiger partial charge in [-0.1, -0.05) is 45.4 Å². The van der Waals surface area contributed by atoms with Crippen molar-refractivity contribution in [2.45, 2.75) is 70.3 Å². The molecular formula is C20H25F6NO3. The molecule has 1 aromatic rings. The van der Waals surface area contributed by atoms with Crippen LogP contribution in [0.1, 0.15) is 73.4 Å². The van der Waals surface area contributed by atoms with Gasteiger partial charge in [0.25, 0.3) is 5.91 Å². The minimum Gasteiger partial charge on any atom is -0.467 e. The molecule has 0 bridgehead atoms. The fourth-order valence-corrected chi connectivity index (χ4v) is 2.85. The van der Waals surface area contributed by atoms with Gasteiger partial charge in [-0.3, -0.25) is 4.79 Å². The van der Waals surface area contributed by atoms with Gasteiger partial charge in [-0.25, -0.2) is 4.79 Å². The van der Waals surface area contributed by atoms with Gasteiger partial charge in [0.2, 0.25) is 0 Å². The Hall–Kier alpha value is -2.26. The molecule has 0 unspecified atom stereocenters. The van der Waals surface area contributed by atoms with E-state index in [9.17, 15) is 35.9 Å². The Morgan fingerprint density at radius 2 is 1.40 bits per heavy atom. The molecule has 0 aliphatic carbocycles. The monoisotopic (exact) mass is 441 g/mol. The van der Waals surface area contributed by atoms with Gasteiger partial charge in [-0.2, -0.15) is 26.3 Å². The van der Waals surface area contributed by atoms with E-state index in [1.54, 1.807) is 0 Å². The van der Waals surface area contributed by atoms with Gasteiger partial charge in [0, 0.05) is 5.56 Å². The van der Waals surface area contributed by atoms with Gasteiger partial charge < -0.3 is 10.1 Å². The van der Waals surface area contributed by atoms with Crippen molar-refractivity contribution in [2.24, 2.45) is 0 Å². The number of benzene rings is 1. The van der Waals surface area contributed by atoms with E-state index in [0.717, 1.165) is 39.2 Å². The Kier molecular flexibility index (Phi) is 9.64. The van der Waals surface area contributed by atoms with Gasteiger partial charge >= 0.3 is 18.3 Å². The van der Waals surface area contributed by atoms with Crippen molar-refractivity contribution in [3.8, 4) is 0 Å². The van der Waals surface area contributed by atoms with Gasteiger partial charge in [0.1, 0.15) is 6.04 Å². The first-order valence-corrected chi connectivity index (χ1v) is 9.58. The van der Waals surface area contributed by atoms with E-state index in [1.165, 1.54) is 0 Å². The number of carbonyl (C=O) groups is 2. The number of halogens is 6. The Labute approximate surface area is 171 Å². The standard InChI is InChI=1S/C20H25F6NO3/c1-3-4-5-6-7-8-9-16(18(29)30-2)27-17(28)13-10-14(19(21,22)23)12-15(11-13)20(24,25)26/h10-12,16H,3-9H2,1-2H3,(H,27,28)/t16-/m1/s1. The molecule has 170 valence electrons. The number of rotatable bonds is 10. The van der Waals surface area contributed by atoms with Crippen molar-refractivity contribution in [1.82, 2.24) is 5.32 Å². The van der Waals surface area contributed by atoms with Crippen LogP contribution in [0.4, 0.5) is 26.3 Å². The van der Waals surface area contributed by atoms with Crippen LogP contribution in [0.3, 0.4) is 0 Å². The summed E-state index contributed by atoms with van der Waals surface area (Å²) in [4.78, 5) is 24.3. The highest BCUT2D eigenvalue weighted by Gasteiger charge is 2.37. The molecule has 0 aromatic heterocycles. The molecule has 1 rings (SSSR count). The molecule has 4 nitrogen and oxygen atoms in total. The van der Waals surface area contributed by atoms with Crippen LogP contribution in [-0.4, -0.2) is 25.0 Å². The topological polar surface area (TPSA) is 55.4 Å². The van der Waals surface area contributed by atoms with Gasteiger partial charge in [0.05, 0.1) is 18.2 Å². The number of carbonyl (C=O) groups excluding carboxylic acids is 2. The second kappa shape index (κ2) is 11.2. The summed E-state index contributed by atoms with van der Waals surface area (Å²) in [6, 6.07) is -0.587. The lowest BCUT2D eigenvalue weighted by Crippen LogP contribution is -2.41. The third kappa shape index (κ3) is 8.23. The summed E-state index contributed by atoms with van der Waals surface area (Å²) >= 11 is 0. The van der Waals surface area contributed by atoms with Crippen LogP contribution in [-0.2, 0) is 21.9 Å². The van der Waals surface area contributed by atoms with Crippen molar-refractivity contribution >= 4 is 11.9 Å². The van der Waals surface area contributed by atoms with E-state index in [2.05, 4.69) is 17.0 Å². The van der Waals surface area contributed by atoms with Crippen LogP contribution in [0.5, 0.6) is 0 Å². The number of methoxy groups -OCH3 is 1. The molecule has 1 atom stereocenters. The molecule has 1 aromatic carbocycles. The zero-order valence-electron chi connectivity index (χ0n) is 16.8. The summed E-state index contributed by atoms with van der Waals surface area (Å²) < 4.78 is 82.4. The van der Waals surface area contributed by atoms with E-state index < -0.39 is 47.0 Å². The number of alkyl halides is 6. The fourth-order valence-electron chi connectivity index (χ4n) is 2.85. The minimum absolute atomic E-state index is 0.0646. The summed E-state index contributed by atoms with van der Waals surface area (Å²) in [5.41, 5.74) is -4.05. The molecule has 30 heavy (non-hydrogen) atoms. The Bertz CT molecular complexity index is 683. The number of hydrogen-bond donors (Lipinski definition) is 1. The number of ether oxygens (including phenoxy) is 1. The molecule has 0 aliphatic rings. The Morgan fingerprint density at radius 3 is 1.87 bits per heavy atom. The van der Waals surface area contributed by atoms with Crippen LogP contribution >= 0.6 is 0 Å². The predicted octanol–water partition coefficient (Wildman–Crippen LogP) is 5.75. The number of hydrogen-bond acceptors (Lipinski definition) is 3. The first-order chi connectivity index (χ1) is 13.9. The molecule has 0 radical (unpaired) electrons. The van der Waals surface area contributed by atoms with Gasteiger partial charge in [0.15, 0.2) is 0 Å². The summed E-state index contributed by atoms with van der Waals surface area (Å²) in [5.74, 6) is -2.03. The van der Waals surface area contributed by atoms with Crippen molar-refractivity contribution < 1.29 is 40.7 Å². The fraction of sp³-hybridized carbons (Fsp3) is 0.600. The summed E-state index contributed by atoms with van der Waals surface area (Å²) in [6.45, 7) is 2.06. The maximum absolute atomic E-state index is 13.0. The van der Waals surface area contributed by atoms with E-state index in [-0.39, 0.29) is 12.5 Å². The van der Waals surface area contributed by atoms with Crippen LogP contribution < -0.4 is 5.32 Å². The molecule has 10 heteroatoms. The number of amides is 1. The third-order valence-electron chi connectivity index (χ3n) is 4.49. The molecule has 0 aliphatic heterocycles.